The first kappa shape index (κ1) is 22.5. The maximum Gasteiger partial charge on any atom is 0.248 e. The fourth-order valence-corrected chi connectivity index (χ4v) is 5.08. The topological polar surface area (TPSA) is 67.4 Å². The summed E-state index contributed by atoms with van der Waals surface area (Å²) in [5.41, 5.74) is -0.0747. The van der Waals surface area contributed by atoms with Crippen LogP contribution in [0, 0.1) is 0 Å². The second kappa shape index (κ2) is 10.7. The minimum atomic E-state index is -0.0747. The van der Waals surface area contributed by atoms with E-state index in [9.17, 15) is 4.79 Å². The molecule has 1 atom stereocenters. The zero-order valence-corrected chi connectivity index (χ0v) is 18.7. The molecule has 0 aliphatic carbocycles. The number of rotatable bonds is 7. The van der Waals surface area contributed by atoms with Gasteiger partial charge in [0.2, 0.25) is 5.91 Å². The van der Waals surface area contributed by atoms with Crippen LogP contribution in [0.3, 0.4) is 0 Å². The summed E-state index contributed by atoms with van der Waals surface area (Å²) in [6.45, 7) is 7.62. The minimum Gasteiger partial charge on any atom is -0.382 e. The molecule has 31 heavy (non-hydrogen) atoms. The number of aromatic nitrogens is 1. The van der Waals surface area contributed by atoms with Crippen molar-refractivity contribution in [1.82, 2.24) is 14.8 Å². The number of hydrogen-bond donors (Lipinski definition) is 0. The van der Waals surface area contributed by atoms with Gasteiger partial charge in [0, 0.05) is 65.2 Å². The van der Waals surface area contributed by atoms with Gasteiger partial charge in [0.1, 0.15) is 12.4 Å². The van der Waals surface area contributed by atoms with E-state index >= 15 is 0 Å². The van der Waals surface area contributed by atoms with E-state index < -0.39 is 0 Å². The van der Waals surface area contributed by atoms with Crippen molar-refractivity contribution in [3.05, 3.63) is 24.4 Å². The van der Waals surface area contributed by atoms with Crippen LogP contribution in [0.15, 0.2) is 24.4 Å². The van der Waals surface area contributed by atoms with Crippen LogP contribution in [0.4, 0.5) is 5.82 Å². The lowest BCUT2D eigenvalue weighted by molar-refractivity contribution is -0.152. The Morgan fingerprint density at radius 3 is 2.68 bits per heavy atom. The number of methoxy groups -OCH3 is 1. The van der Waals surface area contributed by atoms with Crippen molar-refractivity contribution in [1.29, 1.82) is 0 Å². The summed E-state index contributed by atoms with van der Waals surface area (Å²) in [4.78, 5) is 23.8. The third kappa shape index (κ3) is 5.74. The van der Waals surface area contributed by atoms with Crippen LogP contribution in [-0.2, 0) is 19.0 Å². The van der Waals surface area contributed by atoms with Gasteiger partial charge in [-0.15, -0.1) is 0 Å². The molecular weight excluding hydrogens is 396 g/mol. The standard InChI is InChI=1S/C23H36N4O4/c1-29-16-17-30-19-22(28)27-9-6-23(7-10-27)18-20(5-15-31-23)25-11-13-26(14-12-25)21-4-2-3-8-24-21/h2-4,8,20H,5-7,9-19H2,1H3/t20-/m0/s1. The van der Waals surface area contributed by atoms with Crippen LogP contribution in [-0.4, -0.2) is 105 Å². The summed E-state index contributed by atoms with van der Waals surface area (Å²) in [6.07, 6.45) is 5.87. The normalized spacial score (nSPS) is 24.5. The average molecular weight is 433 g/mol. The summed E-state index contributed by atoms with van der Waals surface area (Å²) in [6, 6.07) is 6.68. The van der Waals surface area contributed by atoms with E-state index in [1.165, 1.54) is 0 Å². The Bertz CT molecular complexity index is 688. The Hall–Kier alpha value is -1.74. The molecule has 172 valence electrons. The number of likely N-dealkylation sites (tertiary alicyclic amines) is 1. The monoisotopic (exact) mass is 432 g/mol. The summed E-state index contributed by atoms with van der Waals surface area (Å²) in [7, 11) is 1.63. The molecule has 3 fully saturated rings. The number of hydrogen-bond acceptors (Lipinski definition) is 7. The van der Waals surface area contributed by atoms with E-state index in [4.69, 9.17) is 14.2 Å². The highest BCUT2D eigenvalue weighted by Gasteiger charge is 2.42. The molecule has 1 aromatic rings. The predicted octanol–water partition coefficient (Wildman–Crippen LogP) is 1.41. The number of anilines is 1. The third-order valence-electron chi connectivity index (χ3n) is 6.96. The van der Waals surface area contributed by atoms with Crippen LogP contribution in [0.2, 0.25) is 0 Å². The number of carbonyl (C=O) groups excluding carboxylic acids is 1. The number of nitrogens with zero attached hydrogens (tertiary/aromatic N) is 4. The predicted molar refractivity (Wildman–Crippen MR) is 118 cm³/mol. The molecule has 3 aliphatic heterocycles. The van der Waals surface area contributed by atoms with E-state index in [0.717, 1.165) is 77.4 Å². The molecule has 8 nitrogen and oxygen atoms in total. The van der Waals surface area contributed by atoms with Gasteiger partial charge in [-0.1, -0.05) is 6.07 Å². The van der Waals surface area contributed by atoms with Gasteiger partial charge in [0.15, 0.2) is 0 Å². The van der Waals surface area contributed by atoms with Crippen LogP contribution >= 0.6 is 0 Å². The quantitative estimate of drug-likeness (QED) is 0.604. The third-order valence-corrected chi connectivity index (χ3v) is 6.96. The number of pyridine rings is 1. The largest absolute Gasteiger partial charge is 0.382 e. The Labute approximate surface area is 185 Å². The molecule has 1 aromatic heterocycles. The number of amides is 1. The lowest BCUT2D eigenvalue weighted by atomic mass is 9.81. The minimum absolute atomic E-state index is 0.0731. The summed E-state index contributed by atoms with van der Waals surface area (Å²) < 4.78 is 16.7. The van der Waals surface area contributed by atoms with Gasteiger partial charge in [-0.2, -0.15) is 0 Å². The zero-order chi connectivity index (χ0) is 21.5. The molecule has 0 unspecified atom stereocenters. The second-order valence-corrected chi connectivity index (χ2v) is 8.82. The van der Waals surface area contributed by atoms with E-state index in [2.05, 4.69) is 26.9 Å². The smallest absolute Gasteiger partial charge is 0.248 e. The van der Waals surface area contributed by atoms with Crippen LogP contribution < -0.4 is 4.90 Å². The highest BCUT2D eigenvalue weighted by atomic mass is 16.5. The van der Waals surface area contributed by atoms with Crippen LogP contribution in [0.1, 0.15) is 25.7 Å². The molecular formula is C23H36N4O4. The number of piperazine rings is 1. The molecule has 8 heteroatoms. The molecule has 3 saturated heterocycles. The van der Waals surface area contributed by atoms with Crippen LogP contribution in [0.25, 0.3) is 0 Å². The van der Waals surface area contributed by atoms with Crippen molar-refractivity contribution in [2.45, 2.75) is 37.3 Å². The SMILES string of the molecule is COCCOCC(=O)N1CCC2(CC1)C[C@@H](N1CCN(c3ccccn3)CC1)CCO2. The lowest BCUT2D eigenvalue weighted by Gasteiger charge is -2.49. The second-order valence-electron chi connectivity index (χ2n) is 8.82. The van der Waals surface area contributed by atoms with Gasteiger partial charge >= 0.3 is 0 Å². The van der Waals surface area contributed by atoms with Gasteiger partial charge in [0.05, 0.1) is 18.8 Å². The molecule has 0 aromatic carbocycles. The fraction of sp³-hybridized carbons (Fsp3) is 0.739. The Morgan fingerprint density at radius 1 is 1.16 bits per heavy atom. The Kier molecular flexibility index (Phi) is 7.76. The molecule has 4 rings (SSSR count). The van der Waals surface area contributed by atoms with Crippen molar-refractivity contribution in [2.75, 3.05) is 77.7 Å². The van der Waals surface area contributed by atoms with Crippen molar-refractivity contribution in [2.24, 2.45) is 0 Å². The summed E-state index contributed by atoms with van der Waals surface area (Å²) in [5.74, 6) is 1.15. The summed E-state index contributed by atoms with van der Waals surface area (Å²) >= 11 is 0. The summed E-state index contributed by atoms with van der Waals surface area (Å²) in [5, 5.41) is 0. The van der Waals surface area contributed by atoms with E-state index in [0.29, 0.717) is 19.3 Å². The van der Waals surface area contributed by atoms with E-state index in [1.807, 2.05) is 17.2 Å². The Balaban J connectivity index is 1.23. The van der Waals surface area contributed by atoms with Gasteiger partial charge < -0.3 is 24.0 Å². The molecule has 0 saturated carbocycles. The first-order chi connectivity index (χ1) is 15.2. The maximum absolute atomic E-state index is 12.4. The lowest BCUT2D eigenvalue weighted by Crippen LogP contribution is -2.57. The van der Waals surface area contributed by atoms with E-state index in [-0.39, 0.29) is 18.1 Å². The van der Waals surface area contributed by atoms with Gasteiger partial charge in [0.25, 0.3) is 0 Å². The fourth-order valence-electron chi connectivity index (χ4n) is 5.08. The molecule has 1 spiro atoms. The van der Waals surface area contributed by atoms with Crippen LogP contribution in [0.5, 0.6) is 0 Å². The van der Waals surface area contributed by atoms with Gasteiger partial charge in [-0.25, -0.2) is 4.98 Å². The van der Waals surface area contributed by atoms with Gasteiger partial charge in [-0.3, -0.25) is 9.69 Å². The highest BCUT2D eigenvalue weighted by molar-refractivity contribution is 5.77. The van der Waals surface area contributed by atoms with E-state index in [1.54, 1.807) is 7.11 Å². The number of carbonyl (C=O) groups is 1. The first-order valence-corrected chi connectivity index (χ1v) is 11.6. The highest BCUT2D eigenvalue weighted by Crippen LogP contribution is 2.37. The zero-order valence-electron chi connectivity index (χ0n) is 18.7. The van der Waals surface area contributed by atoms with Crippen molar-refractivity contribution in [3.63, 3.8) is 0 Å². The number of ether oxygens (including phenoxy) is 3. The maximum atomic E-state index is 12.4. The molecule has 4 heterocycles. The molecule has 0 bridgehead atoms. The van der Waals surface area contributed by atoms with Crippen molar-refractivity contribution < 1.29 is 19.0 Å². The molecule has 3 aliphatic rings. The number of piperidine rings is 1. The molecule has 0 radical (unpaired) electrons. The van der Waals surface area contributed by atoms with Gasteiger partial charge in [-0.05, 0) is 37.8 Å². The first-order valence-electron chi connectivity index (χ1n) is 11.6. The molecule has 1 amide bonds. The van der Waals surface area contributed by atoms with Crippen molar-refractivity contribution in [3.8, 4) is 0 Å². The van der Waals surface area contributed by atoms with Crippen molar-refractivity contribution >= 4 is 11.7 Å². The molecule has 0 N–H and O–H groups in total. The average Bonchev–Trinajstić information content (AvgIpc) is 2.83. The Morgan fingerprint density at radius 2 is 1.97 bits per heavy atom.